The van der Waals surface area contributed by atoms with E-state index in [0.717, 1.165) is 0 Å². The third-order valence-electron chi connectivity index (χ3n) is 2.78. The van der Waals surface area contributed by atoms with Crippen LogP contribution >= 0.6 is 0 Å². The first-order valence-corrected chi connectivity index (χ1v) is 5.92. The Morgan fingerprint density at radius 1 is 1.56 bits per heavy atom. The SMILES string of the molecule is CC(C)CN=C(NN)N1CC(=O)NC(=O)C1(C)C. The molecular weight excluding hydrogens is 234 g/mol. The van der Waals surface area contributed by atoms with Gasteiger partial charge < -0.3 is 4.90 Å². The Bertz CT molecular complexity index is 376. The summed E-state index contributed by atoms with van der Waals surface area (Å²) in [5.74, 6) is 5.45. The van der Waals surface area contributed by atoms with Gasteiger partial charge in [-0.2, -0.15) is 0 Å². The zero-order valence-corrected chi connectivity index (χ0v) is 11.3. The van der Waals surface area contributed by atoms with Crippen LogP contribution in [0.1, 0.15) is 27.7 Å². The molecule has 0 unspecified atom stereocenters. The van der Waals surface area contributed by atoms with Crippen molar-refractivity contribution in [3.05, 3.63) is 0 Å². The molecule has 7 nitrogen and oxygen atoms in total. The number of nitrogens with one attached hydrogen (secondary N) is 2. The molecule has 0 atom stereocenters. The molecule has 0 aromatic heterocycles. The molecule has 2 amide bonds. The zero-order valence-electron chi connectivity index (χ0n) is 11.3. The summed E-state index contributed by atoms with van der Waals surface area (Å²) in [4.78, 5) is 29.1. The fraction of sp³-hybridized carbons (Fsp3) is 0.727. The van der Waals surface area contributed by atoms with Crippen molar-refractivity contribution < 1.29 is 9.59 Å². The van der Waals surface area contributed by atoms with Crippen molar-refractivity contribution in [1.82, 2.24) is 15.6 Å². The number of amides is 2. The Morgan fingerprint density at radius 3 is 2.67 bits per heavy atom. The molecule has 18 heavy (non-hydrogen) atoms. The highest BCUT2D eigenvalue weighted by molar-refractivity contribution is 6.06. The molecule has 1 aliphatic heterocycles. The average Bonchev–Trinajstić information content (AvgIpc) is 2.25. The Kier molecular flexibility index (Phi) is 4.28. The predicted molar refractivity (Wildman–Crippen MR) is 68.4 cm³/mol. The van der Waals surface area contributed by atoms with Crippen molar-refractivity contribution in [3.63, 3.8) is 0 Å². The van der Waals surface area contributed by atoms with Gasteiger partial charge in [0, 0.05) is 6.54 Å². The van der Waals surface area contributed by atoms with Crippen molar-refractivity contribution in [2.24, 2.45) is 16.8 Å². The number of hydrogen-bond acceptors (Lipinski definition) is 4. The van der Waals surface area contributed by atoms with Crippen molar-refractivity contribution in [3.8, 4) is 0 Å². The molecule has 0 saturated carbocycles. The van der Waals surface area contributed by atoms with Gasteiger partial charge in [0.05, 0.1) is 0 Å². The van der Waals surface area contributed by atoms with Gasteiger partial charge in [0.25, 0.3) is 5.91 Å². The van der Waals surface area contributed by atoms with Crippen LogP contribution in [0.4, 0.5) is 0 Å². The van der Waals surface area contributed by atoms with Crippen molar-refractivity contribution in [1.29, 1.82) is 0 Å². The summed E-state index contributed by atoms with van der Waals surface area (Å²) in [6.45, 7) is 8.11. The molecule has 0 aromatic carbocycles. The van der Waals surface area contributed by atoms with E-state index in [1.165, 1.54) is 0 Å². The molecule has 1 aliphatic rings. The summed E-state index contributed by atoms with van der Waals surface area (Å²) in [5, 5.41) is 2.30. The number of imide groups is 1. The highest BCUT2D eigenvalue weighted by Crippen LogP contribution is 2.18. The molecule has 0 spiro atoms. The molecule has 1 fully saturated rings. The summed E-state index contributed by atoms with van der Waals surface area (Å²) >= 11 is 0. The fourth-order valence-corrected chi connectivity index (χ4v) is 1.60. The number of nitrogens with two attached hydrogens (primary N) is 1. The molecule has 7 heteroatoms. The first-order chi connectivity index (χ1) is 8.28. The topological polar surface area (TPSA) is 99.8 Å². The van der Waals surface area contributed by atoms with Gasteiger partial charge in [0.1, 0.15) is 12.1 Å². The minimum absolute atomic E-state index is 0.0554. The van der Waals surface area contributed by atoms with Gasteiger partial charge in [-0.1, -0.05) is 13.8 Å². The molecule has 102 valence electrons. The second kappa shape index (κ2) is 5.34. The van der Waals surface area contributed by atoms with Crippen molar-refractivity contribution in [2.75, 3.05) is 13.1 Å². The van der Waals surface area contributed by atoms with Crippen LogP contribution < -0.4 is 16.6 Å². The Balaban J connectivity index is 2.98. The molecule has 1 heterocycles. The summed E-state index contributed by atoms with van der Waals surface area (Å²) in [6, 6.07) is 0. The van der Waals surface area contributed by atoms with E-state index in [1.54, 1.807) is 18.7 Å². The van der Waals surface area contributed by atoms with E-state index < -0.39 is 5.54 Å². The van der Waals surface area contributed by atoms with Crippen molar-refractivity contribution in [2.45, 2.75) is 33.2 Å². The van der Waals surface area contributed by atoms with E-state index in [2.05, 4.69) is 15.7 Å². The maximum atomic E-state index is 11.8. The lowest BCUT2D eigenvalue weighted by atomic mass is 9.99. The molecule has 0 radical (unpaired) electrons. The lowest BCUT2D eigenvalue weighted by molar-refractivity contribution is -0.142. The summed E-state index contributed by atoms with van der Waals surface area (Å²) < 4.78 is 0. The van der Waals surface area contributed by atoms with Crippen LogP contribution in [0.3, 0.4) is 0 Å². The second-order valence-electron chi connectivity index (χ2n) is 5.22. The number of nitrogens with zero attached hydrogens (tertiary/aromatic N) is 2. The summed E-state index contributed by atoms with van der Waals surface area (Å²) in [5.41, 5.74) is 1.60. The molecule has 1 saturated heterocycles. The van der Waals surface area contributed by atoms with Gasteiger partial charge in [-0.25, -0.2) is 5.84 Å². The van der Waals surface area contributed by atoms with E-state index in [0.29, 0.717) is 18.4 Å². The predicted octanol–water partition coefficient (Wildman–Crippen LogP) is -0.801. The van der Waals surface area contributed by atoms with E-state index in [4.69, 9.17) is 5.84 Å². The van der Waals surface area contributed by atoms with Crippen LogP contribution in [0.25, 0.3) is 0 Å². The molecule has 0 bridgehead atoms. The molecule has 0 aromatic rings. The van der Waals surface area contributed by atoms with E-state index in [9.17, 15) is 9.59 Å². The number of hydrogen-bond donors (Lipinski definition) is 3. The van der Waals surface area contributed by atoms with Gasteiger partial charge in [-0.3, -0.25) is 25.3 Å². The third-order valence-corrected chi connectivity index (χ3v) is 2.78. The minimum atomic E-state index is -0.865. The Morgan fingerprint density at radius 2 is 2.17 bits per heavy atom. The maximum absolute atomic E-state index is 11.8. The van der Waals surface area contributed by atoms with Crippen LogP contribution in [0.15, 0.2) is 4.99 Å². The highest BCUT2D eigenvalue weighted by Gasteiger charge is 2.42. The minimum Gasteiger partial charge on any atom is -0.318 e. The zero-order chi connectivity index (χ0) is 13.9. The number of aliphatic imine (C=N–C) groups is 1. The first-order valence-electron chi connectivity index (χ1n) is 5.92. The van der Waals surface area contributed by atoms with Crippen LogP contribution in [-0.2, 0) is 9.59 Å². The first kappa shape index (κ1) is 14.4. The number of carbonyl (C=O) groups is 2. The lowest BCUT2D eigenvalue weighted by Crippen LogP contribution is -2.68. The number of rotatable bonds is 2. The third kappa shape index (κ3) is 2.98. The Labute approximate surface area is 107 Å². The fourth-order valence-electron chi connectivity index (χ4n) is 1.60. The van der Waals surface area contributed by atoms with Gasteiger partial charge in [-0.05, 0) is 19.8 Å². The normalized spacial score (nSPS) is 20.1. The van der Waals surface area contributed by atoms with Gasteiger partial charge in [-0.15, -0.1) is 0 Å². The second-order valence-corrected chi connectivity index (χ2v) is 5.22. The summed E-state index contributed by atoms with van der Waals surface area (Å²) in [7, 11) is 0. The van der Waals surface area contributed by atoms with Crippen LogP contribution in [0.5, 0.6) is 0 Å². The number of carbonyl (C=O) groups excluding carboxylic acids is 2. The van der Waals surface area contributed by atoms with Gasteiger partial charge in [0.15, 0.2) is 0 Å². The number of hydrazine groups is 1. The smallest absolute Gasteiger partial charge is 0.252 e. The number of piperazine rings is 1. The average molecular weight is 255 g/mol. The van der Waals surface area contributed by atoms with E-state index >= 15 is 0 Å². The van der Waals surface area contributed by atoms with Crippen LogP contribution in [-0.4, -0.2) is 41.3 Å². The highest BCUT2D eigenvalue weighted by atomic mass is 16.2. The molecule has 0 aliphatic carbocycles. The largest absolute Gasteiger partial charge is 0.318 e. The molecule has 4 N–H and O–H groups in total. The Hall–Kier alpha value is -1.63. The van der Waals surface area contributed by atoms with Gasteiger partial charge >= 0.3 is 0 Å². The molecule has 1 rings (SSSR count). The van der Waals surface area contributed by atoms with Crippen LogP contribution in [0, 0.1) is 5.92 Å². The van der Waals surface area contributed by atoms with Crippen molar-refractivity contribution >= 4 is 17.8 Å². The van der Waals surface area contributed by atoms with E-state index in [1.807, 2.05) is 13.8 Å². The summed E-state index contributed by atoms with van der Waals surface area (Å²) in [6.07, 6.45) is 0. The standard InChI is InChI=1S/C11H21N5O2/c1-7(2)5-13-10(15-12)16-6-8(17)14-9(18)11(16,3)4/h7H,5-6,12H2,1-4H3,(H,13,15)(H,14,17,18). The molecular formula is C11H21N5O2. The monoisotopic (exact) mass is 255 g/mol. The maximum Gasteiger partial charge on any atom is 0.252 e. The number of guanidine groups is 1. The van der Waals surface area contributed by atoms with E-state index in [-0.39, 0.29) is 18.4 Å². The van der Waals surface area contributed by atoms with Crippen LogP contribution in [0.2, 0.25) is 0 Å². The quantitative estimate of drug-likeness (QED) is 0.197. The van der Waals surface area contributed by atoms with Gasteiger partial charge in [0.2, 0.25) is 11.9 Å². The lowest BCUT2D eigenvalue weighted by Gasteiger charge is -2.41.